The molecule has 0 fully saturated rings. The predicted molar refractivity (Wildman–Crippen MR) is 125 cm³/mol. The molecule has 1 amide bonds. The topological polar surface area (TPSA) is 96.2 Å². The molecule has 33 heavy (non-hydrogen) atoms. The first-order chi connectivity index (χ1) is 16.1. The van der Waals surface area contributed by atoms with Gasteiger partial charge in [-0.1, -0.05) is 0 Å². The van der Waals surface area contributed by atoms with Crippen LogP contribution in [0.25, 0.3) is 16.3 Å². The van der Waals surface area contributed by atoms with Gasteiger partial charge in [-0.25, -0.2) is 4.52 Å². The zero-order valence-electron chi connectivity index (χ0n) is 18.7. The van der Waals surface area contributed by atoms with Crippen LogP contribution in [0.4, 0.5) is 0 Å². The van der Waals surface area contributed by atoms with E-state index in [4.69, 9.17) is 18.9 Å². The normalized spacial score (nSPS) is 10.8. The Labute approximate surface area is 194 Å². The molecule has 0 saturated heterocycles. The molecule has 0 saturated carbocycles. The van der Waals surface area contributed by atoms with Crippen molar-refractivity contribution >= 4 is 22.2 Å². The van der Waals surface area contributed by atoms with Gasteiger partial charge >= 0.3 is 0 Å². The Hall–Kier alpha value is -3.79. The highest BCUT2D eigenvalue weighted by molar-refractivity contribution is 7.15. The van der Waals surface area contributed by atoms with E-state index < -0.39 is 0 Å². The van der Waals surface area contributed by atoms with Crippen LogP contribution in [0.15, 0.2) is 41.8 Å². The standard InChI is InChI=1S/C23H24N4O5S/c1-29-17-7-5-14(6-8-17)21-25-23-27(26-21)16(13-33-23)9-10-24-22(28)15-11-18(30-2)20(32-4)19(12-15)31-3/h5-8,11-13H,9-10H2,1-4H3,(H,24,28). The largest absolute Gasteiger partial charge is 0.497 e. The number of amides is 1. The first-order valence-electron chi connectivity index (χ1n) is 10.1. The Morgan fingerprint density at radius 2 is 1.70 bits per heavy atom. The minimum atomic E-state index is -0.238. The molecular weight excluding hydrogens is 444 g/mol. The van der Waals surface area contributed by atoms with E-state index in [2.05, 4.69) is 15.4 Å². The average molecular weight is 469 g/mol. The maximum absolute atomic E-state index is 12.7. The zero-order chi connectivity index (χ0) is 23.4. The predicted octanol–water partition coefficient (Wildman–Crippen LogP) is 3.46. The van der Waals surface area contributed by atoms with Crippen LogP contribution >= 0.6 is 11.3 Å². The third kappa shape index (κ3) is 4.56. The van der Waals surface area contributed by atoms with Crippen molar-refractivity contribution in [1.82, 2.24) is 19.9 Å². The Bertz CT molecular complexity index is 1240. The third-order valence-corrected chi connectivity index (χ3v) is 5.96. The van der Waals surface area contributed by atoms with Crippen molar-refractivity contribution in [3.63, 3.8) is 0 Å². The second kappa shape index (κ2) is 9.78. The lowest BCUT2D eigenvalue weighted by atomic mass is 10.1. The van der Waals surface area contributed by atoms with Crippen LogP contribution in [-0.2, 0) is 6.42 Å². The summed E-state index contributed by atoms with van der Waals surface area (Å²) in [4.78, 5) is 18.1. The van der Waals surface area contributed by atoms with Crippen LogP contribution in [0.1, 0.15) is 16.1 Å². The molecule has 0 aliphatic heterocycles. The van der Waals surface area contributed by atoms with Gasteiger partial charge in [-0.05, 0) is 36.4 Å². The summed E-state index contributed by atoms with van der Waals surface area (Å²) in [5, 5.41) is 9.56. The van der Waals surface area contributed by atoms with E-state index in [1.54, 1.807) is 19.2 Å². The summed E-state index contributed by atoms with van der Waals surface area (Å²) in [5.74, 6) is 2.48. The molecular formula is C23H24N4O5S. The first kappa shape index (κ1) is 22.4. The molecule has 0 aliphatic carbocycles. The lowest BCUT2D eigenvalue weighted by molar-refractivity contribution is 0.0953. The molecule has 4 aromatic rings. The molecule has 10 heteroatoms. The Kier molecular flexibility index (Phi) is 6.64. The fourth-order valence-corrected chi connectivity index (χ4v) is 4.23. The number of nitrogens with one attached hydrogen (secondary N) is 1. The van der Waals surface area contributed by atoms with E-state index >= 15 is 0 Å². The summed E-state index contributed by atoms with van der Waals surface area (Å²) in [6, 6.07) is 10.9. The fraction of sp³-hybridized carbons (Fsp3) is 0.261. The molecule has 4 rings (SSSR count). The number of carbonyl (C=O) groups excluding carboxylic acids is 1. The molecule has 1 N–H and O–H groups in total. The van der Waals surface area contributed by atoms with Crippen molar-refractivity contribution in [2.75, 3.05) is 35.0 Å². The molecule has 172 valence electrons. The summed E-state index contributed by atoms with van der Waals surface area (Å²) >= 11 is 1.51. The second-order valence-corrected chi connectivity index (χ2v) is 7.84. The van der Waals surface area contributed by atoms with Crippen LogP contribution in [-0.4, -0.2) is 55.5 Å². The van der Waals surface area contributed by atoms with Gasteiger partial charge in [0.1, 0.15) is 5.75 Å². The van der Waals surface area contributed by atoms with E-state index in [0.717, 1.165) is 22.0 Å². The van der Waals surface area contributed by atoms with Gasteiger partial charge in [0, 0.05) is 29.5 Å². The number of carbonyl (C=O) groups is 1. The smallest absolute Gasteiger partial charge is 0.251 e. The minimum absolute atomic E-state index is 0.238. The summed E-state index contributed by atoms with van der Waals surface area (Å²) in [6.07, 6.45) is 0.599. The van der Waals surface area contributed by atoms with E-state index in [0.29, 0.717) is 41.6 Å². The highest BCUT2D eigenvalue weighted by atomic mass is 32.1. The molecule has 2 aromatic carbocycles. The SMILES string of the molecule is COc1ccc(-c2nc3scc(CCNC(=O)c4cc(OC)c(OC)c(OC)c4)n3n2)cc1. The number of hydrogen-bond acceptors (Lipinski definition) is 8. The van der Waals surface area contributed by atoms with Crippen LogP contribution in [0.3, 0.4) is 0 Å². The van der Waals surface area contributed by atoms with Crippen LogP contribution in [0, 0.1) is 0 Å². The number of methoxy groups -OCH3 is 4. The zero-order valence-corrected chi connectivity index (χ0v) is 19.6. The maximum Gasteiger partial charge on any atom is 0.251 e. The van der Waals surface area contributed by atoms with E-state index in [9.17, 15) is 4.79 Å². The van der Waals surface area contributed by atoms with Gasteiger partial charge < -0.3 is 24.3 Å². The molecule has 9 nitrogen and oxygen atoms in total. The van der Waals surface area contributed by atoms with Gasteiger partial charge in [0.05, 0.1) is 34.1 Å². The Balaban J connectivity index is 1.45. The Morgan fingerprint density at radius 1 is 1.00 bits per heavy atom. The van der Waals surface area contributed by atoms with Gasteiger partial charge in [0.25, 0.3) is 5.91 Å². The fourth-order valence-electron chi connectivity index (χ4n) is 3.38. The van der Waals surface area contributed by atoms with Crippen molar-refractivity contribution < 1.29 is 23.7 Å². The minimum Gasteiger partial charge on any atom is -0.497 e. The van der Waals surface area contributed by atoms with Gasteiger partial charge in [0.15, 0.2) is 17.3 Å². The monoisotopic (exact) mass is 468 g/mol. The van der Waals surface area contributed by atoms with Crippen molar-refractivity contribution in [3.05, 3.63) is 53.0 Å². The van der Waals surface area contributed by atoms with Crippen LogP contribution in [0.5, 0.6) is 23.0 Å². The molecule has 2 heterocycles. The van der Waals surface area contributed by atoms with Crippen LogP contribution in [0.2, 0.25) is 0 Å². The lowest BCUT2D eigenvalue weighted by Gasteiger charge is -2.14. The molecule has 0 spiro atoms. The summed E-state index contributed by atoms with van der Waals surface area (Å²) < 4.78 is 23.0. The van der Waals surface area contributed by atoms with Crippen molar-refractivity contribution in [2.45, 2.75) is 6.42 Å². The maximum atomic E-state index is 12.7. The molecule has 2 aromatic heterocycles. The van der Waals surface area contributed by atoms with Crippen LogP contribution < -0.4 is 24.3 Å². The van der Waals surface area contributed by atoms with E-state index in [1.165, 1.54) is 32.7 Å². The van der Waals surface area contributed by atoms with Gasteiger partial charge in [-0.15, -0.1) is 16.4 Å². The van der Waals surface area contributed by atoms with Gasteiger partial charge in [-0.3, -0.25) is 4.79 Å². The summed E-state index contributed by atoms with van der Waals surface area (Å²) in [6.45, 7) is 0.430. The third-order valence-electron chi connectivity index (χ3n) is 5.09. The highest BCUT2D eigenvalue weighted by Gasteiger charge is 2.17. The van der Waals surface area contributed by atoms with E-state index in [1.807, 2.05) is 34.2 Å². The van der Waals surface area contributed by atoms with Gasteiger partial charge in [-0.2, -0.15) is 4.98 Å². The molecule has 0 aliphatic rings. The van der Waals surface area contributed by atoms with Crippen molar-refractivity contribution in [2.24, 2.45) is 0 Å². The summed E-state index contributed by atoms with van der Waals surface area (Å²) in [5.41, 5.74) is 2.29. The number of hydrogen-bond donors (Lipinski definition) is 1. The number of aromatic nitrogens is 3. The highest BCUT2D eigenvalue weighted by Crippen LogP contribution is 2.38. The van der Waals surface area contributed by atoms with Crippen molar-refractivity contribution in [3.8, 4) is 34.4 Å². The number of thiazole rings is 1. The molecule has 0 atom stereocenters. The quantitative estimate of drug-likeness (QED) is 0.402. The number of ether oxygens (including phenoxy) is 4. The second-order valence-electron chi connectivity index (χ2n) is 7.01. The lowest BCUT2D eigenvalue weighted by Crippen LogP contribution is -2.26. The van der Waals surface area contributed by atoms with Gasteiger partial charge in [0.2, 0.25) is 10.7 Å². The number of benzene rings is 2. The molecule has 0 radical (unpaired) electrons. The number of fused-ring (bicyclic) bond motifs is 1. The number of rotatable bonds is 9. The molecule has 0 bridgehead atoms. The number of nitrogens with zero attached hydrogens (tertiary/aromatic N) is 3. The summed E-state index contributed by atoms with van der Waals surface area (Å²) in [7, 11) is 6.18. The average Bonchev–Trinajstić information content (AvgIpc) is 3.44. The van der Waals surface area contributed by atoms with E-state index in [-0.39, 0.29) is 5.91 Å². The van der Waals surface area contributed by atoms with Crippen molar-refractivity contribution in [1.29, 1.82) is 0 Å². The Morgan fingerprint density at radius 3 is 2.30 bits per heavy atom. The first-order valence-corrected chi connectivity index (χ1v) is 11.0. The molecule has 0 unspecified atom stereocenters.